The Balaban J connectivity index is 2.33. The molecule has 106 valence electrons. The third kappa shape index (κ3) is 2.79. The smallest absolute Gasteiger partial charge is 0.137 e. The van der Waals surface area contributed by atoms with Crippen LogP contribution in [0.2, 0.25) is 0 Å². The van der Waals surface area contributed by atoms with Gasteiger partial charge in [0.1, 0.15) is 18.0 Å². The van der Waals surface area contributed by atoms with Gasteiger partial charge in [-0.15, -0.1) is 0 Å². The van der Waals surface area contributed by atoms with Crippen LogP contribution in [0.15, 0.2) is 6.33 Å². The van der Waals surface area contributed by atoms with E-state index in [1.165, 1.54) is 0 Å². The standard InChI is InChI=1S/C13H22N4O2/c1-4-11-12(14-3)15-8-16-13(11)17-5-10(6-18)19-7-9(17)2/h8-10,18H,4-7H2,1-3H3,(H,14,15,16). The maximum Gasteiger partial charge on any atom is 0.137 e. The molecule has 0 radical (unpaired) electrons. The summed E-state index contributed by atoms with van der Waals surface area (Å²) in [6, 6.07) is 0.243. The molecule has 1 aromatic rings. The molecule has 2 heterocycles. The molecule has 2 rings (SSSR count). The van der Waals surface area contributed by atoms with Crippen LogP contribution in [-0.4, -0.2) is 54.0 Å². The van der Waals surface area contributed by atoms with E-state index in [0.717, 1.165) is 23.6 Å². The molecule has 6 heteroatoms. The Labute approximate surface area is 113 Å². The largest absolute Gasteiger partial charge is 0.394 e. The van der Waals surface area contributed by atoms with Crippen molar-refractivity contribution >= 4 is 11.6 Å². The number of morpholine rings is 1. The number of ether oxygens (including phenoxy) is 1. The molecule has 2 unspecified atom stereocenters. The Bertz CT molecular complexity index is 427. The summed E-state index contributed by atoms with van der Waals surface area (Å²) in [6.45, 7) is 5.50. The van der Waals surface area contributed by atoms with Gasteiger partial charge in [-0.3, -0.25) is 0 Å². The van der Waals surface area contributed by atoms with Gasteiger partial charge >= 0.3 is 0 Å². The van der Waals surface area contributed by atoms with Crippen molar-refractivity contribution in [3.8, 4) is 0 Å². The highest BCUT2D eigenvalue weighted by molar-refractivity contribution is 5.59. The van der Waals surface area contributed by atoms with Gasteiger partial charge in [-0.25, -0.2) is 9.97 Å². The van der Waals surface area contributed by atoms with Gasteiger partial charge < -0.3 is 20.1 Å². The number of aliphatic hydroxyl groups is 1. The van der Waals surface area contributed by atoms with Crippen molar-refractivity contribution in [2.75, 3.05) is 37.0 Å². The fourth-order valence-corrected chi connectivity index (χ4v) is 2.41. The van der Waals surface area contributed by atoms with E-state index in [0.29, 0.717) is 13.2 Å². The highest BCUT2D eigenvalue weighted by Crippen LogP contribution is 2.27. The minimum absolute atomic E-state index is 0.0364. The lowest BCUT2D eigenvalue weighted by atomic mass is 10.1. The van der Waals surface area contributed by atoms with E-state index in [1.807, 2.05) is 7.05 Å². The van der Waals surface area contributed by atoms with E-state index < -0.39 is 0 Å². The first kappa shape index (κ1) is 14.0. The number of aromatic nitrogens is 2. The van der Waals surface area contributed by atoms with E-state index in [2.05, 4.69) is 34.0 Å². The molecule has 0 aliphatic carbocycles. The van der Waals surface area contributed by atoms with Gasteiger partial charge in [-0.05, 0) is 13.3 Å². The van der Waals surface area contributed by atoms with Crippen molar-refractivity contribution in [2.45, 2.75) is 32.4 Å². The molecule has 0 spiro atoms. The molecule has 1 aromatic heterocycles. The van der Waals surface area contributed by atoms with Gasteiger partial charge in [0, 0.05) is 19.2 Å². The quantitative estimate of drug-likeness (QED) is 0.834. The van der Waals surface area contributed by atoms with Crippen LogP contribution in [0.4, 0.5) is 11.6 Å². The van der Waals surface area contributed by atoms with Crippen LogP contribution in [-0.2, 0) is 11.2 Å². The number of hydrogen-bond donors (Lipinski definition) is 2. The molecule has 1 aliphatic rings. The lowest BCUT2D eigenvalue weighted by Gasteiger charge is -2.39. The van der Waals surface area contributed by atoms with Crippen LogP contribution in [0.3, 0.4) is 0 Å². The molecule has 2 N–H and O–H groups in total. The summed E-state index contributed by atoms with van der Waals surface area (Å²) >= 11 is 0. The van der Waals surface area contributed by atoms with Gasteiger partial charge in [-0.2, -0.15) is 0 Å². The number of anilines is 2. The Hall–Kier alpha value is -1.40. The Morgan fingerprint density at radius 3 is 2.95 bits per heavy atom. The summed E-state index contributed by atoms with van der Waals surface area (Å²) in [6.07, 6.45) is 2.30. The molecule has 1 fully saturated rings. The van der Waals surface area contributed by atoms with Crippen molar-refractivity contribution in [1.82, 2.24) is 9.97 Å². The van der Waals surface area contributed by atoms with E-state index in [-0.39, 0.29) is 18.8 Å². The highest BCUT2D eigenvalue weighted by atomic mass is 16.5. The molecule has 1 aliphatic heterocycles. The summed E-state index contributed by atoms with van der Waals surface area (Å²) in [7, 11) is 1.87. The maximum atomic E-state index is 9.27. The Morgan fingerprint density at radius 1 is 1.53 bits per heavy atom. The Kier molecular flexibility index (Phi) is 4.55. The zero-order chi connectivity index (χ0) is 13.8. The van der Waals surface area contributed by atoms with Gasteiger partial charge in [0.25, 0.3) is 0 Å². The third-order valence-electron chi connectivity index (χ3n) is 3.49. The SMILES string of the molecule is CCc1c(NC)ncnc1N1CC(CO)OCC1C. The topological polar surface area (TPSA) is 70.5 Å². The van der Waals surface area contributed by atoms with Crippen molar-refractivity contribution in [2.24, 2.45) is 0 Å². The lowest BCUT2D eigenvalue weighted by Crippen LogP contribution is -2.50. The molecular formula is C13H22N4O2. The van der Waals surface area contributed by atoms with Crippen LogP contribution in [0.5, 0.6) is 0 Å². The fourth-order valence-electron chi connectivity index (χ4n) is 2.41. The fraction of sp³-hybridized carbons (Fsp3) is 0.692. The molecule has 0 saturated carbocycles. The average molecular weight is 266 g/mol. The zero-order valence-corrected chi connectivity index (χ0v) is 11.8. The number of nitrogens with zero attached hydrogens (tertiary/aromatic N) is 3. The first-order chi connectivity index (χ1) is 9.21. The van der Waals surface area contributed by atoms with Gasteiger partial charge in [0.05, 0.1) is 25.4 Å². The number of aliphatic hydroxyl groups excluding tert-OH is 1. The van der Waals surface area contributed by atoms with Crippen molar-refractivity contribution in [3.63, 3.8) is 0 Å². The number of rotatable bonds is 4. The third-order valence-corrected chi connectivity index (χ3v) is 3.49. The summed E-state index contributed by atoms with van der Waals surface area (Å²) in [5.41, 5.74) is 1.11. The summed E-state index contributed by atoms with van der Waals surface area (Å²) in [5.74, 6) is 1.81. The van der Waals surface area contributed by atoms with Gasteiger partial charge in [-0.1, -0.05) is 6.92 Å². The molecule has 0 aromatic carbocycles. The van der Waals surface area contributed by atoms with E-state index in [1.54, 1.807) is 6.33 Å². The molecular weight excluding hydrogens is 244 g/mol. The van der Waals surface area contributed by atoms with Crippen LogP contribution >= 0.6 is 0 Å². The van der Waals surface area contributed by atoms with Crippen molar-refractivity contribution in [1.29, 1.82) is 0 Å². The molecule has 1 saturated heterocycles. The van der Waals surface area contributed by atoms with Gasteiger partial charge in [0.2, 0.25) is 0 Å². The summed E-state index contributed by atoms with van der Waals surface area (Å²) < 4.78 is 5.57. The van der Waals surface area contributed by atoms with E-state index >= 15 is 0 Å². The van der Waals surface area contributed by atoms with Crippen LogP contribution in [0.25, 0.3) is 0 Å². The minimum Gasteiger partial charge on any atom is -0.394 e. The molecule has 0 amide bonds. The van der Waals surface area contributed by atoms with Crippen molar-refractivity contribution < 1.29 is 9.84 Å². The van der Waals surface area contributed by atoms with E-state index in [9.17, 15) is 5.11 Å². The number of nitrogens with one attached hydrogen (secondary N) is 1. The monoisotopic (exact) mass is 266 g/mol. The van der Waals surface area contributed by atoms with Crippen LogP contribution < -0.4 is 10.2 Å². The van der Waals surface area contributed by atoms with Crippen LogP contribution in [0, 0.1) is 0 Å². The average Bonchev–Trinajstić information content (AvgIpc) is 2.46. The molecule has 2 atom stereocenters. The first-order valence-corrected chi connectivity index (χ1v) is 6.72. The second kappa shape index (κ2) is 6.16. The molecule has 19 heavy (non-hydrogen) atoms. The van der Waals surface area contributed by atoms with Crippen LogP contribution in [0.1, 0.15) is 19.4 Å². The molecule has 6 nitrogen and oxygen atoms in total. The summed E-state index contributed by atoms with van der Waals surface area (Å²) in [4.78, 5) is 10.9. The van der Waals surface area contributed by atoms with Crippen molar-refractivity contribution in [3.05, 3.63) is 11.9 Å². The van der Waals surface area contributed by atoms with E-state index in [4.69, 9.17) is 4.74 Å². The zero-order valence-electron chi connectivity index (χ0n) is 11.8. The number of hydrogen-bond acceptors (Lipinski definition) is 6. The second-order valence-electron chi connectivity index (χ2n) is 4.77. The first-order valence-electron chi connectivity index (χ1n) is 6.72. The van der Waals surface area contributed by atoms with Gasteiger partial charge in [0.15, 0.2) is 0 Å². The predicted molar refractivity (Wildman–Crippen MR) is 74.6 cm³/mol. The highest BCUT2D eigenvalue weighted by Gasteiger charge is 2.28. The molecule has 0 bridgehead atoms. The predicted octanol–water partition coefficient (Wildman–Crippen LogP) is 0.667. The Morgan fingerprint density at radius 2 is 2.32 bits per heavy atom. The maximum absolute atomic E-state index is 9.27. The lowest BCUT2D eigenvalue weighted by molar-refractivity contribution is -0.0106. The minimum atomic E-state index is -0.145. The normalized spacial score (nSPS) is 23.5. The summed E-state index contributed by atoms with van der Waals surface area (Å²) in [5, 5.41) is 12.4. The second-order valence-corrected chi connectivity index (χ2v) is 4.77.